The van der Waals surface area contributed by atoms with Crippen LogP contribution in [0, 0.1) is 12.3 Å². The molecule has 1 atom stereocenters. The number of alkyl halides is 3. The molecular weight excluding hydrogens is 277 g/mol. The summed E-state index contributed by atoms with van der Waals surface area (Å²) in [5, 5.41) is 13.1. The number of hydrogen-bond acceptors (Lipinski definition) is 4. The lowest BCUT2D eigenvalue weighted by Gasteiger charge is -2.16. The second kappa shape index (κ2) is 3.97. The Labute approximate surface area is 112 Å². The number of aryl methyl sites for hydroxylation is 1. The van der Waals surface area contributed by atoms with Gasteiger partial charge < -0.3 is 14.5 Å². The summed E-state index contributed by atoms with van der Waals surface area (Å²) in [6.07, 6.45) is -3.83. The largest absolute Gasteiger partial charge is 0.453 e. The summed E-state index contributed by atoms with van der Waals surface area (Å²) in [6.45, 7) is 1.64. The van der Waals surface area contributed by atoms with Gasteiger partial charge in [0.05, 0.1) is 11.8 Å². The molecule has 3 rings (SSSR count). The molecule has 1 saturated heterocycles. The highest BCUT2D eigenvalue weighted by Crippen LogP contribution is 2.53. The summed E-state index contributed by atoms with van der Waals surface area (Å²) in [7, 11) is 0. The summed E-state index contributed by atoms with van der Waals surface area (Å²) >= 11 is 0. The summed E-state index contributed by atoms with van der Waals surface area (Å²) in [5.41, 5.74) is -0.949. The van der Waals surface area contributed by atoms with Gasteiger partial charge in [0.2, 0.25) is 0 Å². The third-order valence-corrected chi connectivity index (χ3v) is 4.12. The van der Waals surface area contributed by atoms with Crippen LogP contribution in [-0.4, -0.2) is 40.3 Å². The van der Waals surface area contributed by atoms with Crippen molar-refractivity contribution in [1.82, 2.24) is 10.1 Å². The fourth-order valence-electron chi connectivity index (χ4n) is 2.73. The van der Waals surface area contributed by atoms with Gasteiger partial charge in [0, 0.05) is 18.5 Å². The van der Waals surface area contributed by atoms with Gasteiger partial charge in [0.15, 0.2) is 0 Å². The van der Waals surface area contributed by atoms with Crippen LogP contribution < -0.4 is 0 Å². The zero-order valence-electron chi connectivity index (χ0n) is 10.7. The number of hydrogen-bond donors (Lipinski definition) is 1. The van der Waals surface area contributed by atoms with E-state index in [4.69, 9.17) is 0 Å². The number of rotatable bonds is 1. The number of likely N-dealkylation sites (tertiary alicyclic amines) is 1. The molecule has 2 heterocycles. The Balaban J connectivity index is 1.90. The average molecular weight is 290 g/mol. The van der Waals surface area contributed by atoms with Crippen molar-refractivity contribution in [3.05, 3.63) is 17.0 Å². The van der Waals surface area contributed by atoms with Crippen molar-refractivity contribution in [2.24, 2.45) is 5.41 Å². The number of aliphatic hydroxyl groups is 1. The number of aromatic nitrogens is 1. The van der Waals surface area contributed by atoms with Crippen LogP contribution in [0.15, 0.2) is 4.52 Å². The zero-order chi connectivity index (χ0) is 14.7. The van der Waals surface area contributed by atoms with Crippen molar-refractivity contribution in [1.29, 1.82) is 0 Å². The number of carbonyl (C=O) groups excluding carboxylic acids is 1. The van der Waals surface area contributed by atoms with Gasteiger partial charge in [-0.15, -0.1) is 0 Å². The fourth-order valence-corrected chi connectivity index (χ4v) is 2.73. The van der Waals surface area contributed by atoms with Gasteiger partial charge in [-0.05, 0) is 19.8 Å². The molecule has 1 unspecified atom stereocenters. The lowest BCUT2D eigenvalue weighted by atomic mass is 10.0. The number of carbonyl (C=O) groups is 1. The van der Waals surface area contributed by atoms with Gasteiger partial charge >= 0.3 is 6.18 Å². The van der Waals surface area contributed by atoms with E-state index in [1.807, 2.05) is 0 Å². The summed E-state index contributed by atoms with van der Waals surface area (Å²) in [4.78, 5) is 13.5. The van der Waals surface area contributed by atoms with Crippen molar-refractivity contribution in [3.8, 4) is 0 Å². The fraction of sp³-hybridized carbons (Fsp3) is 0.667. The summed E-state index contributed by atoms with van der Waals surface area (Å²) in [6, 6.07) is 0. The van der Waals surface area contributed by atoms with E-state index in [0.29, 0.717) is 0 Å². The van der Waals surface area contributed by atoms with E-state index in [-0.39, 0.29) is 24.2 Å². The Kier molecular flexibility index (Phi) is 2.66. The third kappa shape index (κ3) is 1.90. The molecule has 1 saturated carbocycles. The maximum Gasteiger partial charge on any atom is 0.453 e. The molecule has 1 aliphatic carbocycles. The Morgan fingerprint density at radius 3 is 2.65 bits per heavy atom. The SMILES string of the molecule is Cc1noc(C(F)(F)F)c1C(=O)N1CC(O)C2(CC2)C1. The quantitative estimate of drug-likeness (QED) is 0.853. The molecule has 110 valence electrons. The molecule has 2 fully saturated rings. The molecule has 1 aromatic heterocycles. The van der Waals surface area contributed by atoms with E-state index >= 15 is 0 Å². The van der Waals surface area contributed by atoms with Gasteiger partial charge in [-0.2, -0.15) is 13.2 Å². The molecule has 2 aliphatic rings. The Morgan fingerprint density at radius 1 is 1.50 bits per heavy atom. The molecule has 1 spiro atoms. The van der Waals surface area contributed by atoms with Gasteiger partial charge in [0.1, 0.15) is 5.56 Å². The first-order chi connectivity index (χ1) is 9.24. The second-order valence-corrected chi connectivity index (χ2v) is 5.53. The van der Waals surface area contributed by atoms with Crippen molar-refractivity contribution in [2.45, 2.75) is 32.0 Å². The lowest BCUT2D eigenvalue weighted by molar-refractivity contribution is -0.155. The van der Waals surface area contributed by atoms with Crippen LogP contribution in [0.2, 0.25) is 0 Å². The molecule has 5 nitrogen and oxygen atoms in total. The third-order valence-electron chi connectivity index (χ3n) is 4.12. The molecule has 1 amide bonds. The first kappa shape index (κ1) is 13.4. The first-order valence-electron chi connectivity index (χ1n) is 6.25. The van der Waals surface area contributed by atoms with Crippen LogP contribution in [0.4, 0.5) is 13.2 Å². The molecule has 0 bridgehead atoms. The molecule has 1 aliphatic heterocycles. The maximum absolute atomic E-state index is 12.8. The van der Waals surface area contributed by atoms with E-state index < -0.39 is 29.5 Å². The predicted molar refractivity (Wildman–Crippen MR) is 59.8 cm³/mol. The normalized spacial score (nSPS) is 24.4. The summed E-state index contributed by atoms with van der Waals surface area (Å²) in [5.74, 6) is -2.15. The van der Waals surface area contributed by atoms with Crippen molar-refractivity contribution >= 4 is 5.91 Å². The highest BCUT2D eigenvalue weighted by atomic mass is 19.4. The van der Waals surface area contributed by atoms with Crippen LogP contribution in [0.3, 0.4) is 0 Å². The Morgan fingerprint density at radius 2 is 2.15 bits per heavy atom. The molecule has 1 aromatic rings. The molecule has 8 heteroatoms. The van der Waals surface area contributed by atoms with Crippen LogP contribution in [0.1, 0.15) is 34.7 Å². The van der Waals surface area contributed by atoms with Crippen molar-refractivity contribution in [3.63, 3.8) is 0 Å². The maximum atomic E-state index is 12.8. The number of halogens is 3. The summed E-state index contributed by atoms with van der Waals surface area (Å²) < 4.78 is 42.6. The van der Waals surface area contributed by atoms with E-state index in [2.05, 4.69) is 9.68 Å². The number of aliphatic hydroxyl groups excluding tert-OH is 1. The first-order valence-corrected chi connectivity index (χ1v) is 6.25. The Hall–Kier alpha value is -1.57. The Bertz CT molecular complexity index is 563. The predicted octanol–water partition coefficient (Wildman–Crippen LogP) is 1.60. The molecule has 0 radical (unpaired) electrons. The van der Waals surface area contributed by atoms with E-state index in [9.17, 15) is 23.1 Å². The van der Waals surface area contributed by atoms with Crippen LogP contribution >= 0.6 is 0 Å². The highest BCUT2D eigenvalue weighted by Gasteiger charge is 2.56. The van der Waals surface area contributed by atoms with Gasteiger partial charge in [-0.1, -0.05) is 5.16 Å². The minimum Gasteiger partial charge on any atom is -0.391 e. The average Bonchev–Trinajstić information content (AvgIpc) is 2.89. The molecule has 20 heavy (non-hydrogen) atoms. The van der Waals surface area contributed by atoms with Crippen LogP contribution in [-0.2, 0) is 6.18 Å². The van der Waals surface area contributed by atoms with Crippen molar-refractivity contribution in [2.75, 3.05) is 13.1 Å². The topological polar surface area (TPSA) is 66.6 Å². The van der Waals surface area contributed by atoms with Gasteiger partial charge in [0.25, 0.3) is 11.7 Å². The second-order valence-electron chi connectivity index (χ2n) is 5.53. The van der Waals surface area contributed by atoms with Crippen molar-refractivity contribution < 1.29 is 27.6 Å². The van der Waals surface area contributed by atoms with Crippen LogP contribution in [0.25, 0.3) is 0 Å². The number of nitrogens with zero attached hydrogens (tertiary/aromatic N) is 2. The van der Waals surface area contributed by atoms with E-state index in [0.717, 1.165) is 12.8 Å². The van der Waals surface area contributed by atoms with E-state index in [1.165, 1.54) is 11.8 Å². The molecule has 0 aromatic carbocycles. The smallest absolute Gasteiger partial charge is 0.391 e. The van der Waals surface area contributed by atoms with E-state index in [1.54, 1.807) is 0 Å². The zero-order valence-corrected chi connectivity index (χ0v) is 10.7. The minimum absolute atomic E-state index is 0.0563. The van der Waals surface area contributed by atoms with Gasteiger partial charge in [-0.3, -0.25) is 4.79 Å². The lowest BCUT2D eigenvalue weighted by Crippen LogP contribution is -2.31. The van der Waals surface area contributed by atoms with Gasteiger partial charge in [-0.25, -0.2) is 0 Å². The minimum atomic E-state index is -4.76. The number of β-amino-alcohol motifs (C(OH)–C–C–N with tert-alkyl or cyclic N) is 1. The monoisotopic (exact) mass is 290 g/mol. The van der Waals surface area contributed by atoms with Crippen LogP contribution in [0.5, 0.6) is 0 Å². The highest BCUT2D eigenvalue weighted by molar-refractivity contribution is 5.96. The number of amides is 1. The molecule has 1 N–H and O–H groups in total. The molecular formula is C12H13F3N2O3. The standard InChI is InChI=1S/C12H13F3N2O3/c1-6-8(9(20-16-6)12(13,14)15)10(19)17-4-7(18)11(5-17)2-3-11/h7,18H,2-5H2,1H3.